The van der Waals surface area contributed by atoms with Crippen LogP contribution in [0, 0.1) is 11.8 Å². The summed E-state index contributed by atoms with van der Waals surface area (Å²) >= 11 is 0. The quantitative estimate of drug-likeness (QED) is 0.651. The molecule has 0 saturated heterocycles. The fourth-order valence-corrected chi connectivity index (χ4v) is 3.93. The number of nitrogens with zero attached hydrogens (tertiary/aromatic N) is 3. The monoisotopic (exact) mass is 390 g/mol. The van der Waals surface area contributed by atoms with Gasteiger partial charge >= 0.3 is 0 Å². The number of ketones is 1. The number of fused-ring (bicyclic) bond motifs is 1. The molecule has 0 unspecified atom stereocenters. The summed E-state index contributed by atoms with van der Waals surface area (Å²) in [5.74, 6) is 0.756. The molecule has 3 aromatic heterocycles. The number of pyridine rings is 2. The van der Waals surface area contributed by atoms with Crippen molar-refractivity contribution < 1.29 is 9.59 Å². The van der Waals surface area contributed by atoms with Crippen molar-refractivity contribution in [2.75, 3.05) is 7.05 Å². The van der Waals surface area contributed by atoms with Crippen molar-refractivity contribution in [1.29, 1.82) is 0 Å². The van der Waals surface area contributed by atoms with E-state index in [2.05, 4.69) is 28.3 Å². The summed E-state index contributed by atoms with van der Waals surface area (Å²) in [6.45, 7) is 4.21. The largest absolute Gasteiger partial charge is 0.354 e. The van der Waals surface area contributed by atoms with Gasteiger partial charge in [-0.05, 0) is 42.0 Å². The van der Waals surface area contributed by atoms with Gasteiger partial charge in [0.15, 0.2) is 5.78 Å². The van der Waals surface area contributed by atoms with Crippen LogP contribution in [0.1, 0.15) is 64.7 Å². The van der Waals surface area contributed by atoms with Crippen LogP contribution >= 0.6 is 0 Å². The van der Waals surface area contributed by atoms with E-state index in [1.807, 2.05) is 43.2 Å². The molecule has 0 aliphatic heterocycles. The van der Waals surface area contributed by atoms with Crippen LogP contribution in [-0.2, 0) is 7.05 Å². The normalized spacial score (nSPS) is 19.2. The van der Waals surface area contributed by atoms with Gasteiger partial charge in [0.2, 0.25) is 0 Å². The Morgan fingerprint density at radius 1 is 1.31 bits per heavy atom. The van der Waals surface area contributed by atoms with E-state index in [-0.39, 0.29) is 23.3 Å². The molecule has 3 heterocycles. The summed E-state index contributed by atoms with van der Waals surface area (Å²) in [6.07, 6.45) is 7.31. The van der Waals surface area contributed by atoms with E-state index in [9.17, 15) is 9.59 Å². The number of rotatable bonds is 6. The van der Waals surface area contributed by atoms with Gasteiger partial charge in [-0.15, -0.1) is 0 Å². The second-order valence-corrected chi connectivity index (χ2v) is 8.16. The number of Topliss-reactive ketones (excluding diaryl/α,β-unsaturated/α-hetero) is 1. The topological polar surface area (TPSA) is 76.9 Å². The molecule has 1 fully saturated rings. The highest BCUT2D eigenvalue weighted by Crippen LogP contribution is 2.41. The molecule has 1 saturated carbocycles. The molecule has 4 rings (SSSR count). The zero-order chi connectivity index (χ0) is 20.7. The number of carbonyl (C=O) groups excluding carboxylic acids is 2. The first-order valence-electron chi connectivity index (χ1n) is 10.0. The zero-order valence-corrected chi connectivity index (χ0v) is 17.3. The number of aromatic nitrogens is 3. The molecule has 0 spiro atoms. The van der Waals surface area contributed by atoms with Gasteiger partial charge in [0.05, 0.1) is 11.7 Å². The van der Waals surface area contributed by atoms with Crippen LogP contribution in [-0.4, -0.2) is 33.3 Å². The van der Waals surface area contributed by atoms with Crippen LogP contribution < -0.4 is 5.32 Å². The average Bonchev–Trinajstić information content (AvgIpc) is 3.29. The van der Waals surface area contributed by atoms with Gasteiger partial charge in [0, 0.05) is 55.5 Å². The Labute approximate surface area is 170 Å². The summed E-state index contributed by atoms with van der Waals surface area (Å²) in [6, 6.07) is 5.52. The first-order chi connectivity index (χ1) is 13.9. The molecule has 6 heteroatoms. The van der Waals surface area contributed by atoms with E-state index >= 15 is 0 Å². The number of nitrogens with one attached hydrogen (secondary N) is 1. The highest BCUT2D eigenvalue weighted by Gasteiger charge is 2.34. The van der Waals surface area contributed by atoms with Crippen LogP contribution in [0.4, 0.5) is 0 Å². The number of aryl methyl sites for hydroxylation is 1. The molecular formula is C23H26N4O2. The number of hydrogen-bond acceptors (Lipinski definition) is 4. The van der Waals surface area contributed by atoms with Crippen LogP contribution in [0.15, 0.2) is 36.8 Å². The van der Waals surface area contributed by atoms with Crippen molar-refractivity contribution >= 4 is 22.6 Å². The lowest BCUT2D eigenvalue weighted by molar-refractivity contribution is 0.0958. The Bertz CT molecular complexity index is 1100. The van der Waals surface area contributed by atoms with Crippen LogP contribution in [0.5, 0.6) is 0 Å². The van der Waals surface area contributed by atoms with Gasteiger partial charge in [-0.25, -0.2) is 4.98 Å². The fraction of sp³-hybridized carbons (Fsp3) is 0.391. The van der Waals surface area contributed by atoms with Gasteiger partial charge in [0.25, 0.3) is 5.91 Å². The Morgan fingerprint density at radius 2 is 2.07 bits per heavy atom. The lowest BCUT2D eigenvalue weighted by Gasteiger charge is -2.15. The molecule has 1 amide bonds. The van der Waals surface area contributed by atoms with E-state index in [1.54, 1.807) is 13.1 Å². The van der Waals surface area contributed by atoms with E-state index in [0.717, 1.165) is 22.9 Å². The number of hydrogen-bond donors (Lipinski definition) is 1. The highest BCUT2D eigenvalue weighted by atomic mass is 16.1. The molecule has 1 N–H and O–H groups in total. The third kappa shape index (κ3) is 3.67. The minimum atomic E-state index is -0.288. The van der Waals surface area contributed by atoms with Gasteiger partial charge in [-0.1, -0.05) is 13.8 Å². The van der Waals surface area contributed by atoms with E-state index in [0.29, 0.717) is 29.5 Å². The Kier molecular flexibility index (Phi) is 4.94. The van der Waals surface area contributed by atoms with E-state index < -0.39 is 0 Å². The molecule has 29 heavy (non-hydrogen) atoms. The predicted molar refractivity (Wildman–Crippen MR) is 112 cm³/mol. The number of amides is 1. The predicted octanol–water partition coefficient (Wildman–Crippen LogP) is 3.71. The molecule has 1 aliphatic rings. The zero-order valence-electron chi connectivity index (χ0n) is 17.3. The first-order valence-corrected chi connectivity index (χ1v) is 10.0. The standard InChI is InChI=1S/C23H26N4O2/c1-13-7-15(13)10-22(28)16-8-19(26-20(9-16)23(29)24-3)14(2)18-11-25-12-21-17(18)5-6-27(21)4/h5-6,8-9,11-15H,7,10H2,1-4H3,(H,24,29)/t13-,14-,15+/m0/s1. The van der Waals surface area contributed by atoms with Crippen LogP contribution in [0.3, 0.4) is 0 Å². The van der Waals surface area contributed by atoms with Crippen molar-refractivity contribution in [2.24, 2.45) is 18.9 Å². The molecule has 0 aromatic carbocycles. The maximum absolute atomic E-state index is 12.9. The maximum Gasteiger partial charge on any atom is 0.269 e. The van der Waals surface area contributed by atoms with Crippen molar-refractivity contribution in [1.82, 2.24) is 19.9 Å². The first kappa shape index (κ1) is 19.3. The summed E-state index contributed by atoms with van der Waals surface area (Å²) in [7, 11) is 3.56. The summed E-state index contributed by atoms with van der Waals surface area (Å²) in [5, 5.41) is 3.72. The Morgan fingerprint density at radius 3 is 2.76 bits per heavy atom. The minimum absolute atomic E-state index is 0.0800. The van der Waals surface area contributed by atoms with Crippen LogP contribution in [0.25, 0.3) is 10.9 Å². The average molecular weight is 390 g/mol. The van der Waals surface area contributed by atoms with Crippen molar-refractivity contribution in [3.05, 3.63) is 59.3 Å². The lowest BCUT2D eigenvalue weighted by atomic mass is 9.93. The molecule has 150 valence electrons. The molecule has 0 bridgehead atoms. The van der Waals surface area contributed by atoms with Crippen molar-refractivity contribution in [2.45, 2.75) is 32.6 Å². The fourth-order valence-electron chi connectivity index (χ4n) is 3.93. The van der Waals surface area contributed by atoms with E-state index in [4.69, 9.17) is 0 Å². The van der Waals surface area contributed by atoms with E-state index in [1.165, 1.54) is 0 Å². The molecular weight excluding hydrogens is 364 g/mol. The molecule has 3 aromatic rings. The van der Waals surface area contributed by atoms with Gasteiger partial charge in [-0.2, -0.15) is 0 Å². The Balaban J connectivity index is 1.75. The summed E-state index contributed by atoms with van der Waals surface area (Å²) < 4.78 is 2.03. The van der Waals surface area contributed by atoms with Crippen LogP contribution in [0.2, 0.25) is 0 Å². The number of carbonyl (C=O) groups is 2. The van der Waals surface area contributed by atoms with Crippen molar-refractivity contribution in [3.8, 4) is 0 Å². The molecule has 0 radical (unpaired) electrons. The second-order valence-electron chi connectivity index (χ2n) is 8.16. The van der Waals surface area contributed by atoms with Crippen molar-refractivity contribution in [3.63, 3.8) is 0 Å². The maximum atomic E-state index is 12.9. The SMILES string of the molecule is CNC(=O)c1cc(C(=O)C[C@H]2C[C@@H]2C)cc([C@@H](C)c2cncc3c2ccn3C)n1. The smallest absolute Gasteiger partial charge is 0.269 e. The summed E-state index contributed by atoms with van der Waals surface area (Å²) in [4.78, 5) is 34.1. The Hall–Kier alpha value is -3.02. The second kappa shape index (κ2) is 7.43. The van der Waals surface area contributed by atoms with Gasteiger partial charge < -0.3 is 9.88 Å². The van der Waals surface area contributed by atoms with Gasteiger partial charge in [0.1, 0.15) is 5.69 Å². The van der Waals surface area contributed by atoms with Gasteiger partial charge in [-0.3, -0.25) is 14.6 Å². The summed E-state index contributed by atoms with van der Waals surface area (Å²) in [5.41, 5.74) is 3.61. The highest BCUT2D eigenvalue weighted by molar-refractivity contribution is 6.00. The molecule has 3 atom stereocenters. The third-order valence-corrected chi connectivity index (χ3v) is 6.10. The minimum Gasteiger partial charge on any atom is -0.354 e. The third-order valence-electron chi connectivity index (χ3n) is 6.10. The lowest BCUT2D eigenvalue weighted by Crippen LogP contribution is -2.21. The molecule has 1 aliphatic carbocycles. The molecule has 6 nitrogen and oxygen atoms in total.